The SMILES string of the molecule is CCCCCCCCCCC=CC1CC(=O)NC1=O.NCCCCC(N)C(=O)O. The van der Waals surface area contributed by atoms with Crippen LogP contribution in [0, 0.1) is 5.92 Å². The molecule has 0 aromatic heterocycles. The van der Waals surface area contributed by atoms with Crippen LogP contribution in [0.15, 0.2) is 12.2 Å². The van der Waals surface area contributed by atoms with Crippen molar-refractivity contribution in [3.63, 3.8) is 0 Å². The van der Waals surface area contributed by atoms with Crippen molar-refractivity contribution in [1.29, 1.82) is 0 Å². The predicted molar refractivity (Wildman–Crippen MR) is 116 cm³/mol. The molecular weight excluding hydrogens is 370 g/mol. The van der Waals surface area contributed by atoms with Gasteiger partial charge in [0.05, 0.1) is 5.92 Å². The first-order chi connectivity index (χ1) is 13.9. The average Bonchev–Trinajstić information content (AvgIpc) is 3.01. The average molecular weight is 412 g/mol. The summed E-state index contributed by atoms with van der Waals surface area (Å²) in [6, 6.07) is -0.716. The van der Waals surface area contributed by atoms with Gasteiger partial charge >= 0.3 is 5.97 Å². The van der Waals surface area contributed by atoms with E-state index in [-0.39, 0.29) is 17.7 Å². The summed E-state index contributed by atoms with van der Waals surface area (Å²) >= 11 is 0. The molecule has 7 nitrogen and oxygen atoms in total. The van der Waals surface area contributed by atoms with E-state index in [0.717, 1.165) is 19.3 Å². The summed E-state index contributed by atoms with van der Waals surface area (Å²) in [4.78, 5) is 32.4. The molecule has 0 bridgehead atoms. The molecule has 1 aliphatic rings. The fraction of sp³-hybridized carbons (Fsp3) is 0.773. The van der Waals surface area contributed by atoms with Gasteiger partial charge in [0.2, 0.25) is 11.8 Å². The molecule has 0 radical (unpaired) electrons. The van der Waals surface area contributed by atoms with Gasteiger partial charge in [0, 0.05) is 6.42 Å². The first kappa shape index (κ1) is 27.3. The van der Waals surface area contributed by atoms with Crippen LogP contribution in [-0.2, 0) is 14.4 Å². The van der Waals surface area contributed by atoms with Crippen molar-refractivity contribution in [2.24, 2.45) is 17.4 Å². The highest BCUT2D eigenvalue weighted by atomic mass is 16.4. The number of hydrogen-bond acceptors (Lipinski definition) is 5. The van der Waals surface area contributed by atoms with Crippen LogP contribution in [0.2, 0.25) is 0 Å². The van der Waals surface area contributed by atoms with Crippen LogP contribution in [0.5, 0.6) is 0 Å². The highest BCUT2D eigenvalue weighted by molar-refractivity contribution is 6.04. The number of nitrogens with one attached hydrogen (secondary N) is 1. The van der Waals surface area contributed by atoms with Crippen molar-refractivity contribution in [2.75, 3.05) is 6.54 Å². The number of rotatable bonds is 15. The quantitative estimate of drug-likeness (QED) is 0.185. The maximum absolute atomic E-state index is 11.3. The van der Waals surface area contributed by atoms with E-state index in [1.807, 2.05) is 6.08 Å². The number of carbonyl (C=O) groups excluding carboxylic acids is 2. The number of unbranched alkanes of at least 4 members (excludes halogenated alkanes) is 9. The maximum atomic E-state index is 11.3. The monoisotopic (exact) mass is 411 g/mol. The Balaban J connectivity index is 0.000000665. The zero-order valence-electron chi connectivity index (χ0n) is 18.0. The van der Waals surface area contributed by atoms with Gasteiger partial charge in [-0.15, -0.1) is 0 Å². The van der Waals surface area contributed by atoms with Gasteiger partial charge in [-0.25, -0.2) is 0 Å². The van der Waals surface area contributed by atoms with Crippen LogP contribution < -0.4 is 16.8 Å². The lowest BCUT2D eigenvalue weighted by Gasteiger charge is -2.03. The lowest BCUT2D eigenvalue weighted by Crippen LogP contribution is -2.29. The van der Waals surface area contributed by atoms with E-state index >= 15 is 0 Å². The van der Waals surface area contributed by atoms with Crippen LogP contribution in [0.3, 0.4) is 0 Å². The molecule has 1 aliphatic heterocycles. The molecule has 1 rings (SSSR count). The molecule has 2 atom stereocenters. The van der Waals surface area contributed by atoms with Gasteiger partial charge in [-0.05, 0) is 32.2 Å². The number of carboxylic acids is 1. The molecule has 7 heteroatoms. The first-order valence-electron chi connectivity index (χ1n) is 11.1. The number of carboxylic acid groups (broad SMARTS) is 1. The number of carbonyl (C=O) groups is 3. The van der Waals surface area contributed by atoms with Crippen molar-refractivity contribution >= 4 is 17.8 Å². The minimum Gasteiger partial charge on any atom is -0.480 e. The van der Waals surface area contributed by atoms with Crippen molar-refractivity contribution in [2.45, 2.75) is 96.4 Å². The van der Waals surface area contributed by atoms with Crippen LogP contribution in [0.25, 0.3) is 0 Å². The van der Waals surface area contributed by atoms with Gasteiger partial charge in [0.1, 0.15) is 6.04 Å². The molecule has 29 heavy (non-hydrogen) atoms. The summed E-state index contributed by atoms with van der Waals surface area (Å²) in [6.45, 7) is 2.84. The van der Waals surface area contributed by atoms with Crippen molar-refractivity contribution in [3.8, 4) is 0 Å². The molecular formula is C22H41N3O4. The van der Waals surface area contributed by atoms with Gasteiger partial charge in [0.25, 0.3) is 0 Å². The maximum Gasteiger partial charge on any atom is 0.320 e. The zero-order chi connectivity index (χ0) is 21.9. The summed E-state index contributed by atoms with van der Waals surface area (Å²) in [5.41, 5.74) is 10.4. The number of nitrogens with two attached hydrogens (primary N) is 2. The third-order valence-electron chi connectivity index (χ3n) is 4.88. The molecule has 0 saturated carbocycles. The van der Waals surface area contributed by atoms with Crippen LogP contribution in [0.1, 0.15) is 90.4 Å². The summed E-state index contributed by atoms with van der Waals surface area (Å²) < 4.78 is 0. The molecule has 1 fully saturated rings. The topological polar surface area (TPSA) is 136 Å². The second-order valence-electron chi connectivity index (χ2n) is 7.64. The second kappa shape index (κ2) is 18.3. The number of allylic oxidation sites excluding steroid dienone is 1. The normalized spacial score (nSPS) is 17.1. The third kappa shape index (κ3) is 15.8. The number of imide groups is 1. The van der Waals surface area contributed by atoms with E-state index in [4.69, 9.17) is 16.6 Å². The molecule has 1 saturated heterocycles. The Morgan fingerprint density at radius 2 is 1.72 bits per heavy atom. The number of hydrogen-bond donors (Lipinski definition) is 4. The number of amides is 2. The molecule has 0 aromatic rings. The van der Waals surface area contributed by atoms with Crippen LogP contribution >= 0.6 is 0 Å². The fourth-order valence-corrected chi connectivity index (χ4v) is 3.02. The van der Waals surface area contributed by atoms with Crippen molar-refractivity contribution in [1.82, 2.24) is 5.32 Å². The summed E-state index contributed by atoms with van der Waals surface area (Å²) in [7, 11) is 0. The van der Waals surface area contributed by atoms with E-state index in [2.05, 4.69) is 18.3 Å². The van der Waals surface area contributed by atoms with Crippen LogP contribution in [0.4, 0.5) is 0 Å². The van der Waals surface area contributed by atoms with Gasteiger partial charge in [-0.1, -0.05) is 70.4 Å². The summed E-state index contributed by atoms with van der Waals surface area (Å²) in [6.07, 6.45) is 18.0. The zero-order valence-corrected chi connectivity index (χ0v) is 18.0. The van der Waals surface area contributed by atoms with E-state index in [1.54, 1.807) is 0 Å². The predicted octanol–water partition coefficient (Wildman–Crippen LogP) is 3.26. The van der Waals surface area contributed by atoms with Gasteiger partial charge in [0.15, 0.2) is 0 Å². The molecule has 1 heterocycles. The van der Waals surface area contributed by atoms with Gasteiger partial charge in [-0.3, -0.25) is 19.7 Å². The Labute approximate surface area is 175 Å². The summed E-state index contributed by atoms with van der Waals surface area (Å²) in [5, 5.41) is 10.6. The van der Waals surface area contributed by atoms with Crippen molar-refractivity contribution < 1.29 is 19.5 Å². The largest absolute Gasteiger partial charge is 0.480 e. The molecule has 2 unspecified atom stereocenters. The van der Waals surface area contributed by atoms with Gasteiger partial charge < -0.3 is 16.6 Å². The highest BCUT2D eigenvalue weighted by Gasteiger charge is 2.27. The highest BCUT2D eigenvalue weighted by Crippen LogP contribution is 2.14. The minimum absolute atomic E-state index is 0.142. The molecule has 6 N–H and O–H groups in total. The molecule has 2 amide bonds. The van der Waals surface area contributed by atoms with E-state index < -0.39 is 12.0 Å². The third-order valence-corrected chi connectivity index (χ3v) is 4.88. The molecule has 0 spiro atoms. The standard InChI is InChI=1S/C16H27NO2.C6H14N2O2/c1-2-3-4-5-6-7-8-9-10-11-12-14-13-15(18)17-16(14)19;7-4-2-1-3-5(8)6(9)10/h11-12,14H,2-10,13H2,1H3,(H,17,18,19);5H,1-4,7-8H2,(H,9,10). The first-order valence-corrected chi connectivity index (χ1v) is 11.1. The molecule has 168 valence electrons. The Kier molecular flexibility index (Phi) is 17.2. The second-order valence-corrected chi connectivity index (χ2v) is 7.64. The fourth-order valence-electron chi connectivity index (χ4n) is 3.02. The molecule has 0 aromatic carbocycles. The number of aliphatic carboxylic acids is 1. The molecule has 0 aliphatic carbocycles. The summed E-state index contributed by atoms with van der Waals surface area (Å²) in [5.74, 6) is -1.44. The Morgan fingerprint density at radius 1 is 1.10 bits per heavy atom. The lowest BCUT2D eigenvalue weighted by molar-refractivity contribution is -0.138. The van der Waals surface area contributed by atoms with Crippen molar-refractivity contribution in [3.05, 3.63) is 12.2 Å². The Morgan fingerprint density at radius 3 is 2.24 bits per heavy atom. The lowest BCUT2D eigenvalue weighted by atomic mass is 10.0. The Bertz CT molecular complexity index is 494. The smallest absolute Gasteiger partial charge is 0.320 e. The van der Waals surface area contributed by atoms with Gasteiger partial charge in [-0.2, -0.15) is 0 Å². The minimum atomic E-state index is -0.933. The van der Waals surface area contributed by atoms with Crippen LogP contribution in [-0.4, -0.2) is 35.5 Å². The van der Waals surface area contributed by atoms with E-state index in [0.29, 0.717) is 19.4 Å². The van der Waals surface area contributed by atoms with E-state index in [1.165, 1.54) is 51.4 Å². The Hall–Kier alpha value is -1.73. The van der Waals surface area contributed by atoms with E-state index in [9.17, 15) is 14.4 Å².